The van der Waals surface area contributed by atoms with Gasteiger partial charge in [-0.2, -0.15) is 0 Å². The molecule has 2 saturated carbocycles. The maximum atomic E-state index is 6.14. The molecule has 0 saturated heterocycles. The summed E-state index contributed by atoms with van der Waals surface area (Å²) in [5.74, 6) is 0. The van der Waals surface area contributed by atoms with Gasteiger partial charge >= 0.3 is 0 Å². The summed E-state index contributed by atoms with van der Waals surface area (Å²) in [6, 6.07) is 2.99. The molecule has 1 aromatic rings. The first-order valence-electron chi connectivity index (χ1n) is 7.84. The van der Waals surface area contributed by atoms with Crippen LogP contribution in [0, 0.1) is 5.41 Å². The lowest BCUT2D eigenvalue weighted by atomic mass is 9.78. The van der Waals surface area contributed by atoms with Gasteiger partial charge in [0.1, 0.15) is 0 Å². The number of thiophene rings is 1. The molecule has 20 heavy (non-hydrogen) atoms. The highest BCUT2D eigenvalue weighted by Crippen LogP contribution is 2.45. The Morgan fingerprint density at radius 2 is 2.05 bits per heavy atom. The van der Waals surface area contributed by atoms with Gasteiger partial charge in [-0.3, -0.25) is 0 Å². The molecule has 0 spiro atoms. The van der Waals surface area contributed by atoms with Gasteiger partial charge in [0, 0.05) is 10.9 Å². The van der Waals surface area contributed by atoms with E-state index in [1.54, 1.807) is 11.3 Å². The normalized spacial score (nSPS) is 21.5. The zero-order valence-electron chi connectivity index (χ0n) is 11.9. The number of halogens is 2. The Labute approximate surface area is 139 Å². The van der Waals surface area contributed by atoms with Crippen LogP contribution in [0.15, 0.2) is 9.85 Å². The molecule has 1 N–H and O–H groups in total. The topological polar surface area (TPSA) is 12.0 Å². The molecule has 0 radical (unpaired) electrons. The van der Waals surface area contributed by atoms with Crippen molar-refractivity contribution >= 4 is 38.9 Å². The Morgan fingerprint density at radius 3 is 2.65 bits per heavy atom. The van der Waals surface area contributed by atoms with E-state index in [2.05, 4.69) is 27.3 Å². The fourth-order valence-corrected chi connectivity index (χ4v) is 5.30. The van der Waals surface area contributed by atoms with Crippen molar-refractivity contribution in [3.63, 3.8) is 0 Å². The zero-order valence-corrected chi connectivity index (χ0v) is 15.0. The van der Waals surface area contributed by atoms with E-state index in [9.17, 15) is 0 Å². The summed E-state index contributed by atoms with van der Waals surface area (Å²) < 4.78 is 1.09. The van der Waals surface area contributed by atoms with Crippen LogP contribution < -0.4 is 5.32 Å². The third-order valence-corrected chi connectivity index (χ3v) is 7.46. The van der Waals surface area contributed by atoms with Crippen LogP contribution in [0.5, 0.6) is 0 Å². The van der Waals surface area contributed by atoms with E-state index in [1.165, 1.54) is 69.2 Å². The summed E-state index contributed by atoms with van der Waals surface area (Å²) in [5, 5.41) is 4.57. The predicted octanol–water partition coefficient (Wildman–Crippen LogP) is 5.80. The van der Waals surface area contributed by atoms with Gasteiger partial charge in [-0.05, 0) is 78.9 Å². The number of rotatable bonds is 7. The Morgan fingerprint density at radius 1 is 1.30 bits per heavy atom. The molecule has 0 atom stereocenters. The molecular weight excluding hydrogens is 354 g/mol. The molecule has 0 aromatic carbocycles. The van der Waals surface area contributed by atoms with Crippen LogP contribution in [0.4, 0.5) is 0 Å². The molecule has 0 bridgehead atoms. The van der Waals surface area contributed by atoms with E-state index in [0.29, 0.717) is 5.41 Å². The molecule has 2 aliphatic carbocycles. The minimum atomic E-state index is 0.602. The molecule has 2 aliphatic rings. The molecule has 0 amide bonds. The van der Waals surface area contributed by atoms with E-state index in [4.69, 9.17) is 11.6 Å². The van der Waals surface area contributed by atoms with Crippen molar-refractivity contribution in [3.05, 3.63) is 19.8 Å². The maximum absolute atomic E-state index is 6.14. The van der Waals surface area contributed by atoms with E-state index in [0.717, 1.165) is 14.9 Å². The molecule has 1 aromatic heterocycles. The Hall–Kier alpha value is 0.430. The van der Waals surface area contributed by atoms with Crippen LogP contribution >= 0.6 is 38.9 Å². The molecule has 1 nitrogen and oxygen atoms in total. The second-order valence-corrected chi connectivity index (χ2v) is 9.38. The van der Waals surface area contributed by atoms with Gasteiger partial charge in [-0.15, -0.1) is 11.3 Å². The van der Waals surface area contributed by atoms with Crippen molar-refractivity contribution < 1.29 is 0 Å². The van der Waals surface area contributed by atoms with Gasteiger partial charge in [-0.1, -0.05) is 24.4 Å². The summed E-state index contributed by atoms with van der Waals surface area (Å²) in [6.45, 7) is 1.22. The summed E-state index contributed by atoms with van der Waals surface area (Å²) in [5.41, 5.74) is 0.602. The van der Waals surface area contributed by atoms with Crippen molar-refractivity contribution in [1.82, 2.24) is 5.32 Å². The van der Waals surface area contributed by atoms with Crippen LogP contribution in [0.2, 0.25) is 5.02 Å². The molecule has 112 valence electrons. The summed E-state index contributed by atoms with van der Waals surface area (Å²) >= 11 is 11.5. The fourth-order valence-electron chi connectivity index (χ4n) is 3.48. The standard InChI is InChI=1S/C16H23BrClNS/c17-15-14(18)11-13(20-15)5-8-16(6-1-2-7-16)9-10-19-12-3-4-12/h11-12,19H,1-10H2. The van der Waals surface area contributed by atoms with Crippen molar-refractivity contribution in [1.29, 1.82) is 0 Å². The maximum Gasteiger partial charge on any atom is 0.0887 e. The monoisotopic (exact) mass is 375 g/mol. The quantitative estimate of drug-likeness (QED) is 0.634. The second kappa shape index (κ2) is 6.68. The lowest BCUT2D eigenvalue weighted by Gasteiger charge is -2.29. The van der Waals surface area contributed by atoms with E-state index in [1.807, 2.05) is 0 Å². The van der Waals surface area contributed by atoms with E-state index < -0.39 is 0 Å². The lowest BCUT2D eigenvalue weighted by Crippen LogP contribution is -2.26. The van der Waals surface area contributed by atoms with Gasteiger partial charge in [0.2, 0.25) is 0 Å². The Bertz CT molecular complexity index is 430. The lowest BCUT2D eigenvalue weighted by molar-refractivity contribution is 0.245. The molecule has 0 aliphatic heterocycles. The van der Waals surface area contributed by atoms with Crippen molar-refractivity contribution in [2.24, 2.45) is 5.41 Å². The predicted molar refractivity (Wildman–Crippen MR) is 91.9 cm³/mol. The zero-order chi connectivity index (χ0) is 14.0. The first kappa shape index (κ1) is 15.3. The minimum Gasteiger partial charge on any atom is -0.314 e. The molecule has 4 heteroatoms. The number of aryl methyl sites for hydroxylation is 1. The first-order valence-corrected chi connectivity index (χ1v) is 9.83. The molecular formula is C16H23BrClNS. The molecule has 3 rings (SSSR count). The second-order valence-electron chi connectivity index (χ2n) is 6.52. The van der Waals surface area contributed by atoms with Crippen LogP contribution in [-0.2, 0) is 6.42 Å². The van der Waals surface area contributed by atoms with Crippen LogP contribution in [0.1, 0.15) is 56.2 Å². The minimum absolute atomic E-state index is 0.602. The SMILES string of the molecule is Clc1cc(CCC2(CCNC3CC3)CCCC2)sc1Br. The molecule has 1 heterocycles. The van der Waals surface area contributed by atoms with Crippen LogP contribution in [-0.4, -0.2) is 12.6 Å². The Balaban J connectivity index is 1.52. The highest BCUT2D eigenvalue weighted by molar-refractivity contribution is 9.11. The van der Waals surface area contributed by atoms with Crippen LogP contribution in [0.3, 0.4) is 0 Å². The number of hydrogen-bond acceptors (Lipinski definition) is 2. The van der Waals surface area contributed by atoms with Gasteiger partial charge in [0.25, 0.3) is 0 Å². The number of nitrogens with one attached hydrogen (secondary N) is 1. The fraction of sp³-hybridized carbons (Fsp3) is 0.750. The van der Waals surface area contributed by atoms with E-state index >= 15 is 0 Å². The van der Waals surface area contributed by atoms with E-state index in [-0.39, 0.29) is 0 Å². The summed E-state index contributed by atoms with van der Waals surface area (Å²) in [6.07, 6.45) is 12.4. The highest BCUT2D eigenvalue weighted by atomic mass is 79.9. The highest BCUT2D eigenvalue weighted by Gasteiger charge is 2.33. The average molecular weight is 377 g/mol. The number of hydrogen-bond donors (Lipinski definition) is 1. The first-order chi connectivity index (χ1) is 9.67. The molecule has 2 fully saturated rings. The van der Waals surface area contributed by atoms with Crippen molar-refractivity contribution in [2.45, 2.75) is 63.8 Å². The summed E-state index contributed by atoms with van der Waals surface area (Å²) in [7, 11) is 0. The van der Waals surface area contributed by atoms with Crippen molar-refractivity contribution in [2.75, 3.05) is 6.54 Å². The van der Waals surface area contributed by atoms with Crippen LogP contribution in [0.25, 0.3) is 0 Å². The average Bonchev–Trinajstić information content (AvgIpc) is 3.03. The van der Waals surface area contributed by atoms with Gasteiger partial charge in [0.15, 0.2) is 0 Å². The summed E-state index contributed by atoms with van der Waals surface area (Å²) in [4.78, 5) is 1.43. The smallest absolute Gasteiger partial charge is 0.0887 e. The largest absolute Gasteiger partial charge is 0.314 e. The third-order valence-electron chi connectivity index (χ3n) is 4.93. The van der Waals surface area contributed by atoms with Gasteiger partial charge in [0.05, 0.1) is 8.81 Å². The molecule has 0 unspecified atom stereocenters. The third kappa shape index (κ3) is 4.00. The van der Waals surface area contributed by atoms with Gasteiger partial charge < -0.3 is 5.32 Å². The van der Waals surface area contributed by atoms with Gasteiger partial charge in [-0.25, -0.2) is 0 Å². The Kier molecular flexibility index (Phi) is 5.12. The van der Waals surface area contributed by atoms with Crippen molar-refractivity contribution in [3.8, 4) is 0 Å².